The molecule has 1 heterocycles. The van der Waals surface area contributed by atoms with Crippen LogP contribution in [0.3, 0.4) is 0 Å². The molecule has 1 saturated heterocycles. The maximum absolute atomic E-state index is 11.7. The zero-order valence-corrected chi connectivity index (χ0v) is 12.3. The van der Waals surface area contributed by atoms with Crippen LogP contribution in [0.4, 0.5) is 5.69 Å². The molecule has 0 radical (unpaired) electrons. The summed E-state index contributed by atoms with van der Waals surface area (Å²) in [5.41, 5.74) is 7.18. The molecule has 20 heavy (non-hydrogen) atoms. The Hall–Kier alpha value is -2.04. The number of nitrogens with two attached hydrogens (primary N) is 1. The van der Waals surface area contributed by atoms with Gasteiger partial charge >= 0.3 is 0 Å². The average Bonchev–Trinajstić information content (AvgIpc) is 2.34. The molecule has 0 unspecified atom stereocenters. The summed E-state index contributed by atoms with van der Waals surface area (Å²) in [7, 11) is 1.48. The van der Waals surface area contributed by atoms with E-state index in [1.807, 2.05) is 26.8 Å². The predicted octanol–water partition coefficient (Wildman–Crippen LogP) is 1.83. The van der Waals surface area contributed by atoms with E-state index in [9.17, 15) is 9.59 Å². The first-order chi connectivity index (χ1) is 9.25. The first-order valence-corrected chi connectivity index (χ1v) is 6.58. The number of anilines is 1. The van der Waals surface area contributed by atoms with E-state index in [4.69, 9.17) is 10.5 Å². The number of primary amides is 1. The molecule has 0 aliphatic carbocycles. The highest BCUT2D eigenvalue weighted by Crippen LogP contribution is 2.39. The second-order valence-corrected chi connectivity index (χ2v) is 5.99. The van der Waals surface area contributed by atoms with Gasteiger partial charge in [-0.15, -0.1) is 0 Å². The van der Waals surface area contributed by atoms with Crippen molar-refractivity contribution >= 4 is 17.5 Å². The lowest BCUT2D eigenvalue weighted by atomic mass is 9.85. The lowest BCUT2D eigenvalue weighted by Gasteiger charge is -2.33. The predicted molar refractivity (Wildman–Crippen MR) is 77.2 cm³/mol. The van der Waals surface area contributed by atoms with E-state index in [2.05, 4.69) is 0 Å². The molecule has 0 aromatic heterocycles. The van der Waals surface area contributed by atoms with E-state index >= 15 is 0 Å². The molecule has 0 spiro atoms. The Labute approximate surface area is 118 Å². The molecule has 0 atom stereocenters. The summed E-state index contributed by atoms with van der Waals surface area (Å²) >= 11 is 0. The van der Waals surface area contributed by atoms with Crippen LogP contribution in [0.2, 0.25) is 0 Å². The highest BCUT2D eigenvalue weighted by Gasteiger charge is 2.31. The number of hydrogen-bond acceptors (Lipinski definition) is 3. The Morgan fingerprint density at radius 3 is 2.35 bits per heavy atom. The van der Waals surface area contributed by atoms with Crippen LogP contribution in [0.25, 0.3) is 0 Å². The third kappa shape index (κ3) is 2.35. The van der Waals surface area contributed by atoms with Gasteiger partial charge in [0.05, 0.1) is 18.4 Å². The number of methoxy groups -OCH3 is 1. The third-order valence-electron chi connectivity index (χ3n) is 3.55. The fraction of sp³-hybridized carbons (Fsp3) is 0.467. The summed E-state index contributed by atoms with van der Waals surface area (Å²) in [4.78, 5) is 25.0. The van der Waals surface area contributed by atoms with Crippen molar-refractivity contribution in [3.05, 3.63) is 23.3 Å². The van der Waals surface area contributed by atoms with Crippen molar-refractivity contribution in [3.8, 4) is 5.75 Å². The fourth-order valence-electron chi connectivity index (χ4n) is 2.21. The van der Waals surface area contributed by atoms with Gasteiger partial charge in [0, 0.05) is 13.0 Å². The van der Waals surface area contributed by atoms with E-state index in [0.29, 0.717) is 30.0 Å². The quantitative estimate of drug-likeness (QED) is 0.856. The molecule has 1 aliphatic rings. The molecule has 108 valence electrons. The lowest BCUT2D eigenvalue weighted by Crippen LogP contribution is -2.44. The van der Waals surface area contributed by atoms with Gasteiger partial charge in [0.15, 0.2) is 5.75 Å². The van der Waals surface area contributed by atoms with Gasteiger partial charge in [-0.05, 0) is 23.1 Å². The average molecular weight is 276 g/mol. The third-order valence-corrected chi connectivity index (χ3v) is 3.55. The summed E-state index contributed by atoms with van der Waals surface area (Å²) in [6, 6.07) is 3.65. The number of ether oxygens (including phenoxy) is 1. The van der Waals surface area contributed by atoms with Gasteiger partial charge in [0.2, 0.25) is 5.91 Å². The molecule has 1 fully saturated rings. The van der Waals surface area contributed by atoms with Gasteiger partial charge < -0.3 is 15.4 Å². The smallest absolute Gasteiger partial charge is 0.252 e. The van der Waals surface area contributed by atoms with Crippen LogP contribution >= 0.6 is 0 Å². The van der Waals surface area contributed by atoms with Crippen molar-refractivity contribution < 1.29 is 14.3 Å². The lowest BCUT2D eigenvalue weighted by molar-refractivity contribution is -0.122. The van der Waals surface area contributed by atoms with Gasteiger partial charge in [-0.3, -0.25) is 9.59 Å². The Balaban J connectivity index is 2.66. The normalized spacial score (nSPS) is 15.0. The van der Waals surface area contributed by atoms with Crippen molar-refractivity contribution in [2.24, 2.45) is 5.73 Å². The molecule has 1 aliphatic heterocycles. The minimum Gasteiger partial charge on any atom is -0.494 e. The molecule has 1 aromatic rings. The second kappa shape index (κ2) is 4.81. The van der Waals surface area contributed by atoms with E-state index in [1.54, 1.807) is 11.0 Å². The van der Waals surface area contributed by atoms with Crippen LogP contribution in [0, 0.1) is 0 Å². The van der Waals surface area contributed by atoms with Crippen molar-refractivity contribution in [2.75, 3.05) is 18.6 Å². The maximum Gasteiger partial charge on any atom is 0.252 e. The molecule has 5 heteroatoms. The molecule has 2 rings (SSSR count). The number of β-lactam (4-membered cyclic amide) rings is 1. The molecule has 0 bridgehead atoms. The summed E-state index contributed by atoms with van der Waals surface area (Å²) in [6.07, 6.45) is 0.523. The van der Waals surface area contributed by atoms with Gasteiger partial charge in [0.25, 0.3) is 5.91 Å². The van der Waals surface area contributed by atoms with Crippen molar-refractivity contribution in [1.82, 2.24) is 0 Å². The van der Waals surface area contributed by atoms with E-state index < -0.39 is 5.91 Å². The van der Waals surface area contributed by atoms with Gasteiger partial charge in [-0.1, -0.05) is 20.8 Å². The number of rotatable bonds is 3. The van der Waals surface area contributed by atoms with Crippen molar-refractivity contribution in [2.45, 2.75) is 32.6 Å². The minimum atomic E-state index is -0.554. The van der Waals surface area contributed by atoms with Crippen LogP contribution in [0.5, 0.6) is 5.75 Å². The number of nitrogens with zero attached hydrogens (tertiary/aromatic N) is 1. The number of carbonyl (C=O) groups excluding carboxylic acids is 2. The molecule has 2 N–H and O–H groups in total. The van der Waals surface area contributed by atoms with Crippen LogP contribution in [-0.4, -0.2) is 25.5 Å². The monoisotopic (exact) mass is 276 g/mol. The standard InChI is InChI=1S/C15H20N2O3/c1-15(2,3)9-7-10(14(16)19)13(20-4)11(8-9)17-6-5-12(17)18/h7-8H,5-6H2,1-4H3,(H2,16,19). The van der Waals surface area contributed by atoms with Gasteiger partial charge in [0.1, 0.15) is 0 Å². The SMILES string of the molecule is COc1c(C(N)=O)cc(C(C)(C)C)cc1N1CCC1=O. The minimum absolute atomic E-state index is 0.0322. The fourth-order valence-corrected chi connectivity index (χ4v) is 2.21. The number of carbonyl (C=O) groups is 2. The number of amides is 2. The summed E-state index contributed by atoms with van der Waals surface area (Å²) in [5.74, 6) is -0.148. The van der Waals surface area contributed by atoms with Crippen LogP contribution in [0.15, 0.2) is 12.1 Å². The highest BCUT2D eigenvalue weighted by atomic mass is 16.5. The topological polar surface area (TPSA) is 72.6 Å². The Morgan fingerprint density at radius 2 is 2.00 bits per heavy atom. The molecular formula is C15H20N2O3. The number of benzene rings is 1. The van der Waals surface area contributed by atoms with E-state index in [0.717, 1.165) is 5.56 Å². The molecule has 2 amide bonds. The summed E-state index contributed by atoms with van der Waals surface area (Å²) in [6.45, 7) is 6.77. The first-order valence-electron chi connectivity index (χ1n) is 6.58. The van der Waals surface area contributed by atoms with Gasteiger partial charge in [-0.25, -0.2) is 0 Å². The Bertz CT molecular complexity index is 573. The first kappa shape index (κ1) is 14.4. The van der Waals surface area contributed by atoms with Crippen LogP contribution < -0.4 is 15.4 Å². The molecule has 5 nitrogen and oxygen atoms in total. The Morgan fingerprint density at radius 1 is 1.35 bits per heavy atom. The van der Waals surface area contributed by atoms with Crippen molar-refractivity contribution in [3.63, 3.8) is 0 Å². The zero-order valence-electron chi connectivity index (χ0n) is 12.3. The van der Waals surface area contributed by atoms with Crippen LogP contribution in [-0.2, 0) is 10.2 Å². The maximum atomic E-state index is 11.7. The zero-order chi connectivity index (χ0) is 15.1. The van der Waals surface area contributed by atoms with E-state index in [1.165, 1.54) is 7.11 Å². The summed E-state index contributed by atoms with van der Waals surface area (Å²) < 4.78 is 5.32. The number of hydrogen-bond donors (Lipinski definition) is 1. The largest absolute Gasteiger partial charge is 0.494 e. The van der Waals surface area contributed by atoms with Crippen molar-refractivity contribution in [1.29, 1.82) is 0 Å². The Kier molecular flexibility index (Phi) is 3.46. The molecule has 1 aromatic carbocycles. The van der Waals surface area contributed by atoms with E-state index in [-0.39, 0.29) is 11.3 Å². The second-order valence-electron chi connectivity index (χ2n) is 5.99. The van der Waals surface area contributed by atoms with Crippen LogP contribution in [0.1, 0.15) is 43.1 Å². The molecular weight excluding hydrogens is 256 g/mol. The molecule has 0 saturated carbocycles. The van der Waals surface area contributed by atoms with Gasteiger partial charge in [-0.2, -0.15) is 0 Å². The summed E-state index contributed by atoms with van der Waals surface area (Å²) in [5, 5.41) is 0. The highest BCUT2D eigenvalue weighted by molar-refractivity contribution is 6.04.